The van der Waals surface area contributed by atoms with Crippen molar-refractivity contribution >= 4 is 11.6 Å². The Balaban J connectivity index is 1.39. The molecule has 0 bridgehead atoms. The summed E-state index contributed by atoms with van der Waals surface area (Å²) in [4.78, 5) is 16.7. The van der Waals surface area contributed by atoms with Gasteiger partial charge < -0.3 is 15.0 Å². The quantitative estimate of drug-likeness (QED) is 0.649. The summed E-state index contributed by atoms with van der Waals surface area (Å²) < 4.78 is 6.28. The average molecular weight is 414 g/mol. The van der Waals surface area contributed by atoms with Crippen LogP contribution in [0.2, 0.25) is 0 Å². The minimum absolute atomic E-state index is 0.252. The van der Waals surface area contributed by atoms with E-state index < -0.39 is 0 Å². The predicted octanol–water partition coefficient (Wildman–Crippen LogP) is 4.20. The van der Waals surface area contributed by atoms with Gasteiger partial charge in [-0.05, 0) is 101 Å². The Morgan fingerprint density at radius 3 is 2.73 bits per heavy atom. The minimum atomic E-state index is 0.252. The molecule has 1 atom stereocenters. The molecule has 3 aliphatic heterocycles. The number of anilines is 1. The Kier molecular flexibility index (Phi) is 7.67. The highest BCUT2D eigenvalue weighted by molar-refractivity contribution is 5.95. The van der Waals surface area contributed by atoms with Gasteiger partial charge in [0.1, 0.15) is 5.75 Å². The van der Waals surface area contributed by atoms with Crippen LogP contribution in [0.15, 0.2) is 18.2 Å². The SMILES string of the molecule is CC1CCN(Cc2cc(N3CCCC3=O)ccc2OCCCC2CCCNC2)CC1. The van der Waals surface area contributed by atoms with Crippen molar-refractivity contribution in [2.45, 2.75) is 64.8 Å². The molecule has 0 saturated carbocycles. The van der Waals surface area contributed by atoms with Crippen LogP contribution in [-0.2, 0) is 11.3 Å². The molecule has 0 radical (unpaired) electrons. The standard InChI is InChI=1S/C25H39N3O2/c1-20-10-14-27(15-11-20)19-22-17-23(28-13-3-7-25(28)29)8-9-24(22)30-16-4-6-21-5-2-12-26-18-21/h8-9,17,20-21,26H,2-7,10-16,18-19H2,1H3. The maximum Gasteiger partial charge on any atom is 0.227 e. The lowest BCUT2D eigenvalue weighted by Crippen LogP contribution is -2.32. The largest absolute Gasteiger partial charge is 0.493 e. The Morgan fingerprint density at radius 2 is 2.00 bits per heavy atom. The molecule has 1 amide bonds. The molecule has 4 rings (SSSR count). The topological polar surface area (TPSA) is 44.8 Å². The summed E-state index contributed by atoms with van der Waals surface area (Å²) in [6, 6.07) is 6.39. The Bertz CT molecular complexity index is 694. The van der Waals surface area contributed by atoms with Gasteiger partial charge in [0, 0.05) is 30.8 Å². The van der Waals surface area contributed by atoms with Crippen LogP contribution in [0.4, 0.5) is 5.69 Å². The van der Waals surface area contributed by atoms with E-state index >= 15 is 0 Å². The highest BCUT2D eigenvalue weighted by Crippen LogP contribution is 2.30. The van der Waals surface area contributed by atoms with Crippen molar-refractivity contribution in [2.24, 2.45) is 11.8 Å². The first-order valence-corrected chi connectivity index (χ1v) is 12.2. The molecule has 3 heterocycles. The van der Waals surface area contributed by atoms with Crippen LogP contribution in [0.25, 0.3) is 0 Å². The number of hydrogen-bond donors (Lipinski definition) is 1. The molecule has 5 heteroatoms. The van der Waals surface area contributed by atoms with Crippen molar-refractivity contribution in [2.75, 3.05) is 44.2 Å². The lowest BCUT2D eigenvalue weighted by Gasteiger charge is -2.31. The Morgan fingerprint density at radius 1 is 1.13 bits per heavy atom. The zero-order valence-electron chi connectivity index (χ0n) is 18.7. The van der Waals surface area contributed by atoms with E-state index in [1.54, 1.807) is 0 Å². The summed E-state index contributed by atoms with van der Waals surface area (Å²) in [5.74, 6) is 2.90. The van der Waals surface area contributed by atoms with Crippen molar-refractivity contribution in [3.8, 4) is 5.75 Å². The summed E-state index contributed by atoms with van der Waals surface area (Å²) in [6.07, 6.45) is 9.20. The molecular weight excluding hydrogens is 374 g/mol. The number of benzene rings is 1. The zero-order valence-corrected chi connectivity index (χ0v) is 18.7. The van der Waals surface area contributed by atoms with Gasteiger partial charge in [-0.1, -0.05) is 6.92 Å². The molecule has 1 aromatic carbocycles. The minimum Gasteiger partial charge on any atom is -0.493 e. The van der Waals surface area contributed by atoms with Gasteiger partial charge in [0.15, 0.2) is 0 Å². The van der Waals surface area contributed by atoms with Crippen LogP contribution < -0.4 is 15.0 Å². The molecule has 0 aliphatic carbocycles. The first-order valence-electron chi connectivity index (χ1n) is 12.2. The molecule has 3 fully saturated rings. The van der Waals surface area contributed by atoms with Gasteiger partial charge in [-0.25, -0.2) is 0 Å². The molecule has 3 saturated heterocycles. The fourth-order valence-electron chi connectivity index (χ4n) is 5.10. The molecule has 0 spiro atoms. The lowest BCUT2D eigenvalue weighted by molar-refractivity contribution is -0.117. The summed E-state index contributed by atoms with van der Waals surface area (Å²) in [6.45, 7) is 9.55. The normalized spacial score (nSPS) is 23.8. The predicted molar refractivity (Wildman–Crippen MR) is 122 cm³/mol. The van der Waals surface area contributed by atoms with Gasteiger partial charge in [0.05, 0.1) is 6.61 Å². The molecule has 1 unspecified atom stereocenters. The summed E-state index contributed by atoms with van der Waals surface area (Å²) in [5.41, 5.74) is 2.28. The maximum atomic E-state index is 12.2. The number of nitrogens with zero attached hydrogens (tertiary/aromatic N) is 2. The van der Waals surface area contributed by atoms with Gasteiger partial charge in [-0.15, -0.1) is 0 Å². The number of piperidine rings is 2. The molecule has 1 aromatic rings. The molecule has 30 heavy (non-hydrogen) atoms. The smallest absolute Gasteiger partial charge is 0.227 e. The molecule has 1 N–H and O–H groups in total. The van der Waals surface area contributed by atoms with Crippen molar-refractivity contribution in [1.29, 1.82) is 0 Å². The highest BCUT2D eigenvalue weighted by Gasteiger charge is 2.24. The third-order valence-electron chi connectivity index (χ3n) is 7.11. The van der Waals surface area contributed by atoms with E-state index in [1.807, 2.05) is 4.90 Å². The van der Waals surface area contributed by atoms with Gasteiger partial charge in [0.25, 0.3) is 0 Å². The third kappa shape index (κ3) is 5.76. The Labute approximate surface area is 182 Å². The van der Waals surface area contributed by atoms with Crippen LogP contribution in [0, 0.1) is 11.8 Å². The van der Waals surface area contributed by atoms with Gasteiger partial charge in [0.2, 0.25) is 5.91 Å². The highest BCUT2D eigenvalue weighted by atomic mass is 16.5. The van der Waals surface area contributed by atoms with Crippen molar-refractivity contribution in [3.05, 3.63) is 23.8 Å². The van der Waals surface area contributed by atoms with Crippen molar-refractivity contribution in [3.63, 3.8) is 0 Å². The van der Waals surface area contributed by atoms with Crippen molar-refractivity contribution < 1.29 is 9.53 Å². The number of amides is 1. The van der Waals surface area contributed by atoms with Crippen LogP contribution in [0.1, 0.15) is 63.9 Å². The zero-order chi connectivity index (χ0) is 20.8. The number of rotatable bonds is 8. The fraction of sp³-hybridized carbons (Fsp3) is 0.720. The van der Waals surface area contributed by atoms with Gasteiger partial charge in [-0.2, -0.15) is 0 Å². The summed E-state index contributed by atoms with van der Waals surface area (Å²) in [7, 11) is 0. The number of carbonyl (C=O) groups is 1. The number of carbonyl (C=O) groups excluding carboxylic acids is 1. The van der Waals surface area contributed by atoms with Crippen LogP contribution >= 0.6 is 0 Å². The lowest BCUT2D eigenvalue weighted by atomic mass is 9.95. The van der Waals surface area contributed by atoms with E-state index in [4.69, 9.17) is 4.74 Å². The Hall–Kier alpha value is -1.59. The summed E-state index contributed by atoms with van der Waals surface area (Å²) in [5, 5.41) is 3.51. The maximum absolute atomic E-state index is 12.2. The van der Waals surface area contributed by atoms with E-state index in [2.05, 4.69) is 35.3 Å². The van der Waals surface area contributed by atoms with E-state index in [1.165, 1.54) is 44.2 Å². The number of nitrogens with one attached hydrogen (secondary N) is 1. The van der Waals surface area contributed by atoms with Gasteiger partial charge in [-0.3, -0.25) is 9.69 Å². The molecule has 3 aliphatic rings. The van der Waals surface area contributed by atoms with Gasteiger partial charge >= 0.3 is 0 Å². The first kappa shape index (κ1) is 21.6. The molecule has 5 nitrogen and oxygen atoms in total. The van der Waals surface area contributed by atoms with E-state index in [-0.39, 0.29) is 5.91 Å². The molecular formula is C25H39N3O2. The second-order valence-corrected chi connectivity index (χ2v) is 9.60. The van der Waals surface area contributed by atoms with E-state index in [0.717, 1.165) is 75.4 Å². The number of hydrogen-bond acceptors (Lipinski definition) is 4. The van der Waals surface area contributed by atoms with Crippen molar-refractivity contribution in [1.82, 2.24) is 10.2 Å². The number of likely N-dealkylation sites (tertiary alicyclic amines) is 1. The third-order valence-corrected chi connectivity index (χ3v) is 7.11. The van der Waals surface area contributed by atoms with Crippen LogP contribution in [-0.4, -0.2) is 50.1 Å². The van der Waals surface area contributed by atoms with E-state index in [9.17, 15) is 4.79 Å². The van der Waals surface area contributed by atoms with E-state index in [0.29, 0.717) is 6.42 Å². The van der Waals surface area contributed by atoms with Crippen LogP contribution in [0.5, 0.6) is 5.75 Å². The fourth-order valence-corrected chi connectivity index (χ4v) is 5.10. The number of ether oxygens (including phenoxy) is 1. The first-order chi connectivity index (χ1) is 14.7. The summed E-state index contributed by atoms with van der Waals surface area (Å²) >= 11 is 0. The average Bonchev–Trinajstić information content (AvgIpc) is 3.20. The van der Waals surface area contributed by atoms with Crippen LogP contribution in [0.3, 0.4) is 0 Å². The second-order valence-electron chi connectivity index (χ2n) is 9.60. The molecule has 0 aromatic heterocycles. The molecule has 166 valence electrons. The second kappa shape index (κ2) is 10.6. The monoisotopic (exact) mass is 413 g/mol.